The number of aliphatic hydroxyl groups excluding tert-OH is 1. The van der Waals surface area contributed by atoms with E-state index in [4.69, 9.17) is 4.43 Å². The van der Waals surface area contributed by atoms with Crippen molar-refractivity contribution < 1.29 is 18.0 Å². The molecular weight excluding hydrogens is 414 g/mol. The Morgan fingerprint density at radius 1 is 0.967 bits per heavy atom. The Balaban J connectivity index is 2.01. The van der Waals surface area contributed by atoms with Crippen molar-refractivity contribution in [3.05, 3.63) is 30.3 Å². The third-order valence-electron chi connectivity index (χ3n) is 7.42. The Bertz CT molecular complexity index is 790. The summed E-state index contributed by atoms with van der Waals surface area (Å²) in [4.78, 5) is 2.55. The molecule has 0 saturated carbocycles. The van der Waals surface area contributed by atoms with Gasteiger partial charge in [0.2, 0.25) is 8.32 Å². The second-order valence-corrected chi connectivity index (χ2v) is 17.5. The van der Waals surface area contributed by atoms with E-state index in [1.807, 2.05) is 6.07 Å². The first kappa shape index (κ1) is 23.9. The van der Waals surface area contributed by atoms with E-state index in [0.29, 0.717) is 27.9 Å². The van der Waals surface area contributed by atoms with Crippen LogP contribution < -0.4 is 0 Å². The molecule has 2 saturated heterocycles. The molecule has 1 aromatic rings. The van der Waals surface area contributed by atoms with E-state index >= 15 is 0 Å². The molecule has 4 atom stereocenters. The smallest absolute Gasteiger partial charge is 0.200 e. The molecule has 0 spiro atoms. The highest BCUT2D eigenvalue weighted by Gasteiger charge is 2.55. The molecule has 1 aromatic carbocycles. The molecular formula is C23H39NO4SSi. The van der Waals surface area contributed by atoms with Gasteiger partial charge in [-0.25, -0.2) is 8.42 Å². The number of aliphatic hydroxyl groups is 1. The molecule has 0 amide bonds. The minimum Gasteiger partial charge on any atom is -0.411 e. The molecule has 0 unspecified atom stereocenters. The first-order chi connectivity index (χ1) is 14.0. The second-order valence-electron chi connectivity index (χ2n) is 9.97. The molecule has 2 aliphatic heterocycles. The highest BCUT2D eigenvalue weighted by atomic mass is 32.2. The number of piperidine rings is 1. The number of nitrogens with zero attached hydrogens (tertiary/aromatic N) is 1. The molecule has 1 N–H and O–H groups in total. The van der Waals surface area contributed by atoms with Gasteiger partial charge in [0.15, 0.2) is 9.84 Å². The number of rotatable bonds is 7. The van der Waals surface area contributed by atoms with Crippen LogP contribution >= 0.6 is 0 Å². The van der Waals surface area contributed by atoms with E-state index < -0.39 is 29.5 Å². The standard InChI is InChI=1S/C23H39NO4SSi/c1-16(2)30(17(3)4,18(5)6)28-21-13-15-24-14-12-20(25)23(22(21)24)29(26,27)19-10-8-7-9-11-19/h7-11,16-18,20-23,25H,12-15H2,1-6H3/t20-,21-,22-,23-/m1/s1. The summed E-state index contributed by atoms with van der Waals surface area (Å²) in [6, 6.07) is 8.30. The maximum atomic E-state index is 13.6. The van der Waals surface area contributed by atoms with Crippen molar-refractivity contribution in [2.24, 2.45) is 0 Å². The van der Waals surface area contributed by atoms with Crippen molar-refractivity contribution in [2.45, 2.75) is 99.4 Å². The summed E-state index contributed by atoms with van der Waals surface area (Å²) in [5.41, 5.74) is 1.30. The Hall–Kier alpha value is -0.733. The van der Waals surface area contributed by atoms with Crippen LogP contribution in [0.15, 0.2) is 35.2 Å². The van der Waals surface area contributed by atoms with Gasteiger partial charge in [0, 0.05) is 13.1 Å². The predicted octanol–water partition coefficient (Wildman–Crippen LogP) is 4.23. The predicted molar refractivity (Wildman–Crippen MR) is 124 cm³/mol. The summed E-state index contributed by atoms with van der Waals surface area (Å²) < 4.78 is 34.3. The van der Waals surface area contributed by atoms with Gasteiger partial charge in [-0.2, -0.15) is 0 Å². The lowest BCUT2D eigenvalue weighted by Gasteiger charge is -2.47. The van der Waals surface area contributed by atoms with Gasteiger partial charge in [0.1, 0.15) is 5.25 Å². The van der Waals surface area contributed by atoms with E-state index in [0.717, 1.165) is 19.5 Å². The third kappa shape index (κ3) is 4.04. The molecule has 0 bridgehead atoms. The Morgan fingerprint density at radius 2 is 1.50 bits per heavy atom. The highest BCUT2D eigenvalue weighted by Crippen LogP contribution is 2.46. The van der Waals surface area contributed by atoms with Crippen LogP contribution in [-0.4, -0.2) is 63.3 Å². The van der Waals surface area contributed by atoms with Gasteiger partial charge in [-0.05, 0) is 41.6 Å². The molecule has 30 heavy (non-hydrogen) atoms. The zero-order valence-corrected chi connectivity index (χ0v) is 21.1. The molecule has 0 radical (unpaired) electrons. The van der Waals surface area contributed by atoms with Gasteiger partial charge in [-0.3, -0.25) is 4.90 Å². The van der Waals surface area contributed by atoms with Crippen LogP contribution in [0.1, 0.15) is 54.4 Å². The van der Waals surface area contributed by atoms with E-state index in [2.05, 4.69) is 46.4 Å². The van der Waals surface area contributed by atoms with Gasteiger partial charge in [0.25, 0.3) is 0 Å². The van der Waals surface area contributed by atoms with Crippen molar-refractivity contribution in [1.82, 2.24) is 4.90 Å². The minimum absolute atomic E-state index is 0.151. The summed E-state index contributed by atoms with van der Waals surface area (Å²) in [7, 11) is -5.83. The maximum Gasteiger partial charge on any atom is 0.200 e. The fraction of sp³-hybridized carbons (Fsp3) is 0.739. The van der Waals surface area contributed by atoms with E-state index in [-0.39, 0.29) is 12.1 Å². The van der Waals surface area contributed by atoms with Gasteiger partial charge < -0.3 is 9.53 Å². The van der Waals surface area contributed by atoms with Crippen molar-refractivity contribution in [3.8, 4) is 0 Å². The number of hydrogen-bond donors (Lipinski definition) is 1. The van der Waals surface area contributed by atoms with E-state index in [1.165, 1.54) is 0 Å². The Labute approximate surface area is 183 Å². The maximum absolute atomic E-state index is 13.6. The van der Waals surface area contributed by atoms with Crippen molar-refractivity contribution in [1.29, 1.82) is 0 Å². The van der Waals surface area contributed by atoms with Crippen molar-refractivity contribution in [2.75, 3.05) is 13.1 Å². The van der Waals surface area contributed by atoms with E-state index in [9.17, 15) is 13.5 Å². The quantitative estimate of drug-likeness (QED) is 0.626. The largest absolute Gasteiger partial charge is 0.411 e. The summed E-state index contributed by atoms with van der Waals surface area (Å²) in [6.45, 7) is 15.1. The molecule has 2 fully saturated rings. The van der Waals surface area contributed by atoms with Crippen LogP contribution in [0.4, 0.5) is 0 Å². The summed E-state index contributed by atoms with van der Waals surface area (Å²) in [5, 5.41) is 10.1. The molecule has 0 aliphatic carbocycles. The lowest BCUT2D eigenvalue weighted by molar-refractivity contribution is 0.0292. The average Bonchev–Trinajstić information content (AvgIpc) is 3.08. The summed E-state index contributed by atoms with van der Waals surface area (Å²) in [5.74, 6) is 0. The molecule has 7 heteroatoms. The van der Waals surface area contributed by atoms with Gasteiger partial charge >= 0.3 is 0 Å². The van der Waals surface area contributed by atoms with Crippen LogP contribution in [-0.2, 0) is 14.3 Å². The Kier molecular flexibility index (Phi) is 7.19. The highest BCUT2D eigenvalue weighted by molar-refractivity contribution is 7.92. The molecule has 3 rings (SSSR count). The fourth-order valence-electron chi connectivity index (χ4n) is 6.17. The first-order valence-corrected chi connectivity index (χ1v) is 15.1. The van der Waals surface area contributed by atoms with Crippen LogP contribution in [0.2, 0.25) is 16.6 Å². The van der Waals surface area contributed by atoms with E-state index in [1.54, 1.807) is 24.3 Å². The molecule has 2 heterocycles. The monoisotopic (exact) mass is 453 g/mol. The second kappa shape index (κ2) is 9.02. The average molecular weight is 454 g/mol. The molecule has 170 valence electrons. The number of benzene rings is 1. The summed E-state index contributed by atoms with van der Waals surface area (Å²) in [6.07, 6.45) is 0.302. The minimum atomic E-state index is -3.67. The van der Waals surface area contributed by atoms with Crippen LogP contribution in [0, 0.1) is 0 Å². The number of hydrogen-bond acceptors (Lipinski definition) is 5. The number of sulfone groups is 1. The number of fused-ring (bicyclic) bond motifs is 1. The van der Waals surface area contributed by atoms with Crippen LogP contribution in [0.5, 0.6) is 0 Å². The van der Waals surface area contributed by atoms with Crippen molar-refractivity contribution >= 4 is 18.2 Å². The van der Waals surface area contributed by atoms with Crippen molar-refractivity contribution in [3.63, 3.8) is 0 Å². The molecule has 0 aromatic heterocycles. The normalized spacial score (nSPS) is 28.5. The fourth-order valence-corrected chi connectivity index (χ4v) is 13.9. The van der Waals surface area contributed by atoms with Gasteiger partial charge in [0.05, 0.1) is 23.1 Å². The van der Waals surface area contributed by atoms with Gasteiger partial charge in [-0.15, -0.1) is 0 Å². The summed E-state index contributed by atoms with van der Waals surface area (Å²) >= 11 is 0. The lowest BCUT2D eigenvalue weighted by Crippen LogP contribution is -2.61. The van der Waals surface area contributed by atoms with Crippen LogP contribution in [0.3, 0.4) is 0 Å². The Morgan fingerprint density at radius 3 is 2.03 bits per heavy atom. The first-order valence-electron chi connectivity index (χ1n) is 11.4. The lowest BCUT2D eigenvalue weighted by atomic mass is 9.97. The van der Waals surface area contributed by atoms with Crippen LogP contribution in [0.25, 0.3) is 0 Å². The zero-order valence-electron chi connectivity index (χ0n) is 19.3. The molecule has 2 aliphatic rings. The third-order valence-corrected chi connectivity index (χ3v) is 15.8. The van der Waals surface area contributed by atoms with Gasteiger partial charge in [-0.1, -0.05) is 59.7 Å². The molecule has 5 nitrogen and oxygen atoms in total. The SMILES string of the molecule is CC(C)[Si](O[C@@H]1CCN2CC[C@@H](O)[C@@H](S(=O)(=O)c3ccccc3)[C@@H]12)(C(C)C)C(C)C. The topological polar surface area (TPSA) is 66.8 Å². The zero-order chi connectivity index (χ0) is 22.3.